The number of carboxylic acids is 1. The summed E-state index contributed by atoms with van der Waals surface area (Å²) in [7, 11) is 0. The van der Waals surface area contributed by atoms with Crippen molar-refractivity contribution in [3.63, 3.8) is 0 Å². The third kappa shape index (κ3) is 3.47. The predicted molar refractivity (Wildman–Crippen MR) is 96.3 cm³/mol. The van der Waals surface area contributed by atoms with E-state index >= 15 is 0 Å². The lowest BCUT2D eigenvalue weighted by Gasteiger charge is -2.29. The van der Waals surface area contributed by atoms with Gasteiger partial charge in [-0.1, -0.05) is 6.07 Å². The number of carboxylic acid groups (broad SMARTS) is 1. The van der Waals surface area contributed by atoms with Gasteiger partial charge in [-0.15, -0.1) is 0 Å². The quantitative estimate of drug-likeness (QED) is 0.704. The van der Waals surface area contributed by atoms with E-state index in [1.165, 1.54) is 9.80 Å². The van der Waals surface area contributed by atoms with E-state index < -0.39 is 30.4 Å². The van der Waals surface area contributed by atoms with Crippen LogP contribution in [-0.2, 0) is 20.9 Å². The number of hydrogen-bond donors (Lipinski definition) is 2. The van der Waals surface area contributed by atoms with Gasteiger partial charge in [0, 0.05) is 30.1 Å². The number of nitrogens with zero attached hydrogens (tertiary/aromatic N) is 2. The summed E-state index contributed by atoms with van der Waals surface area (Å²) in [6, 6.07) is 3.58. The van der Waals surface area contributed by atoms with Gasteiger partial charge in [-0.3, -0.25) is 29.3 Å². The number of aliphatic carboxylic acids is 1. The summed E-state index contributed by atoms with van der Waals surface area (Å²) in [5, 5.41) is 11.3. The number of nitrogens with one attached hydrogen (secondary N) is 1. The van der Waals surface area contributed by atoms with Crippen molar-refractivity contribution in [1.82, 2.24) is 15.1 Å². The summed E-state index contributed by atoms with van der Waals surface area (Å²) in [4.78, 5) is 63.0. The number of carbonyl (C=O) groups is 5. The van der Waals surface area contributed by atoms with E-state index in [1.807, 2.05) is 0 Å². The molecule has 2 heterocycles. The molecular weight excluding hydrogens is 366 g/mol. The molecule has 1 atom stereocenters. The molecule has 1 aromatic rings. The first-order chi connectivity index (χ1) is 13.2. The number of rotatable bonds is 5. The van der Waals surface area contributed by atoms with Crippen molar-refractivity contribution in [1.29, 1.82) is 0 Å². The Balaban J connectivity index is 1.92. The first-order valence-corrected chi connectivity index (χ1v) is 9.00. The molecule has 0 radical (unpaired) electrons. The zero-order valence-corrected chi connectivity index (χ0v) is 15.6. The number of imide groups is 1. The summed E-state index contributed by atoms with van der Waals surface area (Å²) in [5.41, 5.74) is 1.03. The molecule has 1 aromatic carbocycles. The predicted octanol–water partition coefficient (Wildman–Crippen LogP) is 0.383. The summed E-state index contributed by atoms with van der Waals surface area (Å²) < 4.78 is 0. The van der Waals surface area contributed by atoms with Crippen LogP contribution in [-0.4, -0.2) is 63.1 Å². The molecule has 0 saturated carbocycles. The molecule has 148 valence electrons. The fraction of sp³-hybridized carbons (Fsp3) is 0.421. The third-order valence-corrected chi connectivity index (χ3v) is 5.00. The molecule has 28 heavy (non-hydrogen) atoms. The average Bonchev–Trinajstić information content (AvgIpc) is 2.95. The molecular formula is C19H21N3O6. The fourth-order valence-electron chi connectivity index (χ4n) is 3.58. The van der Waals surface area contributed by atoms with Crippen molar-refractivity contribution >= 4 is 29.6 Å². The summed E-state index contributed by atoms with van der Waals surface area (Å²) in [6.07, 6.45) is 0.368. The minimum atomic E-state index is -1.13. The second-order valence-corrected chi connectivity index (χ2v) is 7.15. The molecule has 1 unspecified atom stereocenters. The van der Waals surface area contributed by atoms with E-state index in [4.69, 9.17) is 5.11 Å². The van der Waals surface area contributed by atoms with Crippen LogP contribution in [0.15, 0.2) is 18.2 Å². The van der Waals surface area contributed by atoms with E-state index in [1.54, 1.807) is 32.0 Å². The monoisotopic (exact) mass is 387 g/mol. The Bertz CT molecular complexity index is 878. The molecule has 9 heteroatoms. The molecule has 0 aromatic heterocycles. The number of hydrogen-bond acceptors (Lipinski definition) is 5. The van der Waals surface area contributed by atoms with Crippen molar-refractivity contribution in [3.05, 3.63) is 34.9 Å². The van der Waals surface area contributed by atoms with Crippen molar-refractivity contribution < 1.29 is 29.1 Å². The zero-order chi connectivity index (χ0) is 20.6. The maximum atomic E-state index is 13.0. The topological polar surface area (TPSA) is 124 Å². The second kappa shape index (κ2) is 7.41. The summed E-state index contributed by atoms with van der Waals surface area (Å²) in [5.74, 6) is -2.89. The van der Waals surface area contributed by atoms with Crippen LogP contribution in [0.5, 0.6) is 0 Å². The number of fused-ring (bicyclic) bond motifs is 1. The normalized spacial score (nSPS) is 18.9. The molecule has 0 spiro atoms. The molecule has 1 fully saturated rings. The van der Waals surface area contributed by atoms with Crippen LogP contribution in [0.3, 0.4) is 0 Å². The van der Waals surface area contributed by atoms with Crippen LogP contribution in [0.25, 0.3) is 0 Å². The lowest BCUT2D eigenvalue weighted by molar-refractivity contribution is -0.138. The average molecular weight is 387 g/mol. The summed E-state index contributed by atoms with van der Waals surface area (Å²) in [6.45, 7) is 3.03. The minimum Gasteiger partial charge on any atom is -0.480 e. The van der Waals surface area contributed by atoms with Gasteiger partial charge in [-0.05, 0) is 38.0 Å². The van der Waals surface area contributed by atoms with Gasteiger partial charge >= 0.3 is 5.97 Å². The van der Waals surface area contributed by atoms with Gasteiger partial charge in [0.05, 0.1) is 0 Å². The van der Waals surface area contributed by atoms with E-state index in [0.717, 1.165) is 0 Å². The Labute approximate surface area is 161 Å². The molecule has 0 aliphatic carbocycles. The fourth-order valence-corrected chi connectivity index (χ4v) is 3.58. The highest BCUT2D eigenvalue weighted by molar-refractivity contribution is 6.08. The Hall–Kier alpha value is -3.23. The van der Waals surface area contributed by atoms with Gasteiger partial charge < -0.3 is 14.9 Å². The van der Waals surface area contributed by atoms with Gasteiger partial charge in [0.2, 0.25) is 11.8 Å². The van der Waals surface area contributed by atoms with Gasteiger partial charge in [-0.2, -0.15) is 0 Å². The van der Waals surface area contributed by atoms with Gasteiger partial charge in [-0.25, -0.2) is 0 Å². The Kier molecular flexibility index (Phi) is 5.17. The highest BCUT2D eigenvalue weighted by atomic mass is 16.4. The second-order valence-electron chi connectivity index (χ2n) is 7.15. The van der Waals surface area contributed by atoms with Crippen LogP contribution < -0.4 is 5.32 Å². The number of benzene rings is 1. The van der Waals surface area contributed by atoms with Crippen LogP contribution in [0.2, 0.25) is 0 Å². The van der Waals surface area contributed by atoms with E-state index in [9.17, 15) is 24.0 Å². The standard InChI is InChI=1S/C19H21N3O6/c1-10(2)21(9-16(24)25)18(27)11-4-3-5-12-13(11)8-22(19(12)28)14-6-7-15(23)20-17(14)26/h3-5,10,14H,6-9H2,1-2H3,(H,24,25)(H,20,23,26). The van der Waals surface area contributed by atoms with E-state index in [0.29, 0.717) is 11.1 Å². The van der Waals surface area contributed by atoms with Gasteiger partial charge in [0.15, 0.2) is 0 Å². The first kappa shape index (κ1) is 19.5. The molecule has 2 aliphatic heterocycles. The Morgan fingerprint density at radius 1 is 1.29 bits per heavy atom. The van der Waals surface area contributed by atoms with Crippen LogP contribution in [0, 0.1) is 0 Å². The molecule has 1 saturated heterocycles. The lowest BCUT2D eigenvalue weighted by atomic mass is 10.0. The van der Waals surface area contributed by atoms with Crippen LogP contribution in [0.1, 0.15) is 53.0 Å². The molecule has 2 N–H and O–H groups in total. The van der Waals surface area contributed by atoms with Crippen molar-refractivity contribution in [2.75, 3.05) is 6.54 Å². The van der Waals surface area contributed by atoms with Crippen molar-refractivity contribution in [2.24, 2.45) is 0 Å². The van der Waals surface area contributed by atoms with Crippen LogP contribution in [0.4, 0.5) is 0 Å². The maximum absolute atomic E-state index is 13.0. The van der Waals surface area contributed by atoms with Crippen molar-refractivity contribution in [3.8, 4) is 0 Å². The van der Waals surface area contributed by atoms with E-state index in [-0.39, 0.29) is 42.8 Å². The molecule has 9 nitrogen and oxygen atoms in total. The Morgan fingerprint density at radius 2 is 2.00 bits per heavy atom. The lowest BCUT2D eigenvalue weighted by Crippen LogP contribution is -2.52. The third-order valence-electron chi connectivity index (χ3n) is 5.00. The van der Waals surface area contributed by atoms with E-state index in [2.05, 4.69) is 5.32 Å². The smallest absolute Gasteiger partial charge is 0.323 e. The summed E-state index contributed by atoms with van der Waals surface area (Å²) >= 11 is 0. The molecule has 4 amide bonds. The SMILES string of the molecule is CC(C)N(CC(=O)O)C(=O)c1cccc2c1CN(C1CCC(=O)NC1=O)C2=O. The largest absolute Gasteiger partial charge is 0.480 e. The van der Waals surface area contributed by atoms with Crippen LogP contribution >= 0.6 is 0 Å². The first-order valence-electron chi connectivity index (χ1n) is 9.00. The van der Waals surface area contributed by atoms with Gasteiger partial charge in [0.25, 0.3) is 11.8 Å². The maximum Gasteiger partial charge on any atom is 0.323 e. The molecule has 3 rings (SSSR count). The highest BCUT2D eigenvalue weighted by Gasteiger charge is 2.40. The molecule has 2 aliphatic rings. The number of carbonyl (C=O) groups excluding carboxylic acids is 4. The highest BCUT2D eigenvalue weighted by Crippen LogP contribution is 2.30. The van der Waals surface area contributed by atoms with Crippen molar-refractivity contribution in [2.45, 2.75) is 45.3 Å². The van der Waals surface area contributed by atoms with Gasteiger partial charge in [0.1, 0.15) is 12.6 Å². The minimum absolute atomic E-state index is 0.0569. The number of piperidine rings is 1. The Morgan fingerprint density at radius 3 is 2.61 bits per heavy atom. The zero-order valence-electron chi connectivity index (χ0n) is 15.6. The number of amides is 4. The molecule has 0 bridgehead atoms.